The Morgan fingerprint density at radius 3 is 2.93 bits per heavy atom. The second kappa shape index (κ2) is 5.68. The van der Waals surface area contributed by atoms with Gasteiger partial charge in [-0.05, 0) is 29.8 Å². The zero-order valence-electron chi connectivity index (χ0n) is 14.9. The summed E-state index contributed by atoms with van der Waals surface area (Å²) in [4.78, 5) is 29.7. The van der Waals surface area contributed by atoms with E-state index >= 15 is 0 Å². The van der Waals surface area contributed by atoms with Crippen molar-refractivity contribution >= 4 is 39.4 Å². The van der Waals surface area contributed by atoms with Crippen molar-refractivity contribution in [2.45, 2.75) is 25.1 Å². The molecule has 0 saturated heterocycles. The molecule has 4 aromatic rings. The number of esters is 1. The van der Waals surface area contributed by atoms with Gasteiger partial charge in [-0.1, -0.05) is 0 Å². The topological polar surface area (TPSA) is 94.6 Å². The number of hydrogen-bond acceptors (Lipinski definition) is 6. The zero-order valence-corrected chi connectivity index (χ0v) is 15.7. The van der Waals surface area contributed by atoms with Crippen molar-refractivity contribution < 1.29 is 19.1 Å². The summed E-state index contributed by atoms with van der Waals surface area (Å²) in [7, 11) is 0. The van der Waals surface area contributed by atoms with Gasteiger partial charge in [0.05, 0.1) is 35.3 Å². The Hall–Kier alpha value is -3.16. The largest absolute Gasteiger partial charge is 0.464 e. The molecule has 0 unspecified atom stereocenters. The maximum Gasteiger partial charge on any atom is 0.340 e. The Labute approximate surface area is 168 Å². The van der Waals surface area contributed by atoms with Crippen LogP contribution >= 0.6 is 11.6 Å². The van der Waals surface area contributed by atoms with Gasteiger partial charge in [-0.15, -0.1) is 11.6 Å². The molecule has 0 aliphatic carbocycles. The molecule has 1 atom stereocenters. The fraction of sp³-hybridized carbons (Fsp3) is 0.190. The predicted molar refractivity (Wildman–Crippen MR) is 105 cm³/mol. The number of hydrogen-bond donors (Lipinski definition) is 1. The van der Waals surface area contributed by atoms with Gasteiger partial charge in [-0.2, -0.15) is 0 Å². The summed E-state index contributed by atoms with van der Waals surface area (Å²) in [6.07, 6.45) is 0.154. The van der Waals surface area contributed by atoms with E-state index in [9.17, 15) is 14.7 Å². The van der Waals surface area contributed by atoms with Gasteiger partial charge in [0.25, 0.3) is 5.56 Å². The lowest BCUT2D eigenvalue weighted by Crippen LogP contribution is -2.32. The molecular weight excluding hydrogens is 396 g/mol. The second-order valence-corrected chi connectivity index (χ2v) is 7.48. The number of carbonyl (C=O) groups is 1. The normalized spacial score (nSPS) is 17.3. The third-order valence-electron chi connectivity index (χ3n) is 5.80. The van der Waals surface area contributed by atoms with E-state index in [2.05, 4.69) is 0 Å². The lowest BCUT2D eigenvalue weighted by Gasteiger charge is -2.21. The number of carbonyl (C=O) groups excluding carboxylic acids is 1. The Morgan fingerprint density at radius 1 is 1.24 bits per heavy atom. The first-order valence-corrected chi connectivity index (χ1v) is 9.61. The van der Waals surface area contributed by atoms with Gasteiger partial charge in [-0.25, -0.2) is 9.78 Å². The quantitative estimate of drug-likeness (QED) is 0.338. The van der Waals surface area contributed by atoms with Gasteiger partial charge in [0, 0.05) is 27.8 Å². The highest BCUT2D eigenvalue weighted by Crippen LogP contribution is 2.40. The van der Waals surface area contributed by atoms with E-state index in [1.807, 2.05) is 18.2 Å². The molecular formula is C21H13ClN2O5. The Balaban J connectivity index is 1.69. The lowest BCUT2D eigenvalue weighted by molar-refractivity contribution is -0.157. The molecule has 0 fully saturated rings. The molecule has 144 valence electrons. The van der Waals surface area contributed by atoms with Crippen LogP contribution < -0.4 is 5.56 Å². The fourth-order valence-electron chi connectivity index (χ4n) is 4.41. The van der Waals surface area contributed by atoms with Gasteiger partial charge in [0.15, 0.2) is 6.10 Å². The minimum Gasteiger partial charge on any atom is -0.464 e. The minimum atomic E-state index is -1.47. The van der Waals surface area contributed by atoms with Gasteiger partial charge >= 0.3 is 5.97 Å². The van der Waals surface area contributed by atoms with Crippen LogP contribution in [0.5, 0.6) is 0 Å². The molecule has 0 amide bonds. The number of pyridine rings is 2. The number of halogens is 1. The molecule has 0 radical (unpaired) electrons. The number of fused-ring (bicyclic) bond motifs is 7. The van der Waals surface area contributed by atoms with Crippen LogP contribution in [0.25, 0.3) is 33.3 Å². The van der Waals surface area contributed by atoms with Crippen molar-refractivity contribution in [2.24, 2.45) is 0 Å². The van der Waals surface area contributed by atoms with Crippen molar-refractivity contribution in [3.8, 4) is 11.4 Å². The number of aromatic nitrogens is 2. The van der Waals surface area contributed by atoms with Crippen LogP contribution in [0.2, 0.25) is 0 Å². The summed E-state index contributed by atoms with van der Waals surface area (Å²) < 4.78 is 12.0. The maximum atomic E-state index is 13.1. The standard InChI is InChI=1S/C21H13ClN2O5/c22-6-11-12-7-24-15(5-10-13(20(24)26)8-29-21(27)19(10)25)18(12)23-14-1-2-16-9(17(11)14)3-4-28-16/h1-5,19,25H,6-8H2/t19-/m0/s1. The highest BCUT2D eigenvalue weighted by molar-refractivity contribution is 6.19. The molecule has 8 heteroatoms. The second-order valence-electron chi connectivity index (χ2n) is 7.21. The summed E-state index contributed by atoms with van der Waals surface area (Å²) in [6, 6.07) is 7.27. The summed E-state index contributed by atoms with van der Waals surface area (Å²) in [6.45, 7) is 0.175. The maximum absolute atomic E-state index is 13.1. The first-order valence-electron chi connectivity index (χ1n) is 9.08. The van der Waals surface area contributed by atoms with Crippen molar-refractivity contribution in [2.75, 3.05) is 0 Å². The molecule has 0 saturated carbocycles. The molecule has 6 rings (SSSR count). The number of aliphatic hydroxyl groups is 1. The Kier molecular flexibility index (Phi) is 3.29. The summed E-state index contributed by atoms with van der Waals surface area (Å²) in [5, 5.41) is 12.1. The Morgan fingerprint density at radius 2 is 2.10 bits per heavy atom. The van der Waals surface area contributed by atoms with Gasteiger partial charge < -0.3 is 18.8 Å². The number of nitrogens with zero attached hydrogens (tertiary/aromatic N) is 2. The van der Waals surface area contributed by atoms with Crippen LogP contribution in [0, 0.1) is 0 Å². The number of benzene rings is 1. The van der Waals surface area contributed by atoms with Crippen LogP contribution in [-0.4, -0.2) is 20.6 Å². The van der Waals surface area contributed by atoms with E-state index in [-0.39, 0.29) is 23.6 Å². The predicted octanol–water partition coefficient (Wildman–Crippen LogP) is 3.00. The molecule has 29 heavy (non-hydrogen) atoms. The molecule has 3 aromatic heterocycles. The van der Waals surface area contributed by atoms with E-state index in [4.69, 9.17) is 25.7 Å². The van der Waals surface area contributed by atoms with Crippen molar-refractivity contribution in [1.29, 1.82) is 0 Å². The van der Waals surface area contributed by atoms with Crippen molar-refractivity contribution in [3.63, 3.8) is 0 Å². The molecule has 5 heterocycles. The summed E-state index contributed by atoms with van der Waals surface area (Å²) in [5.41, 5.74) is 4.74. The van der Waals surface area contributed by atoms with Crippen molar-refractivity contribution in [3.05, 3.63) is 63.1 Å². The molecule has 1 N–H and O–H groups in total. The fourth-order valence-corrected chi connectivity index (χ4v) is 4.71. The number of cyclic esters (lactones) is 1. The van der Waals surface area contributed by atoms with E-state index in [1.54, 1.807) is 16.9 Å². The number of ether oxygens (including phenoxy) is 1. The molecule has 2 aliphatic rings. The van der Waals surface area contributed by atoms with Crippen LogP contribution in [0.3, 0.4) is 0 Å². The SMILES string of the molecule is O=C1OCc2c(cc3n(c2=O)Cc2c-3nc3ccc4occc4c3c2CCl)[C@@H]1O. The number of furan rings is 1. The molecule has 2 aliphatic heterocycles. The highest BCUT2D eigenvalue weighted by atomic mass is 35.5. The molecule has 0 spiro atoms. The number of rotatable bonds is 1. The summed E-state index contributed by atoms with van der Waals surface area (Å²) >= 11 is 6.36. The first-order chi connectivity index (χ1) is 14.1. The highest BCUT2D eigenvalue weighted by Gasteiger charge is 2.34. The van der Waals surface area contributed by atoms with E-state index in [0.717, 1.165) is 33.0 Å². The van der Waals surface area contributed by atoms with Crippen LogP contribution in [0.15, 0.2) is 39.7 Å². The average Bonchev–Trinajstić information content (AvgIpc) is 3.34. The lowest BCUT2D eigenvalue weighted by atomic mass is 9.98. The third-order valence-corrected chi connectivity index (χ3v) is 6.07. The Bertz CT molecular complexity index is 1440. The molecule has 0 bridgehead atoms. The number of aliphatic hydroxyl groups excluding tert-OH is 1. The van der Waals surface area contributed by atoms with E-state index in [0.29, 0.717) is 23.5 Å². The first kappa shape index (κ1) is 16.8. The van der Waals surface area contributed by atoms with Gasteiger partial charge in [-0.3, -0.25) is 4.79 Å². The minimum absolute atomic E-state index is 0.145. The summed E-state index contributed by atoms with van der Waals surface area (Å²) in [5.74, 6) is -0.506. The van der Waals surface area contributed by atoms with Crippen molar-refractivity contribution in [1.82, 2.24) is 9.55 Å². The van der Waals surface area contributed by atoms with E-state index < -0.39 is 12.1 Å². The third kappa shape index (κ3) is 2.08. The monoisotopic (exact) mass is 408 g/mol. The molecule has 7 nitrogen and oxygen atoms in total. The van der Waals surface area contributed by atoms with Crippen LogP contribution in [0.1, 0.15) is 28.4 Å². The number of alkyl halides is 1. The van der Waals surface area contributed by atoms with E-state index in [1.165, 1.54) is 0 Å². The average molecular weight is 409 g/mol. The smallest absolute Gasteiger partial charge is 0.340 e. The van der Waals surface area contributed by atoms with Crippen LogP contribution in [0.4, 0.5) is 0 Å². The zero-order chi connectivity index (χ0) is 19.9. The molecule has 1 aromatic carbocycles. The van der Waals surface area contributed by atoms with Gasteiger partial charge in [0.2, 0.25) is 0 Å². The van der Waals surface area contributed by atoms with Gasteiger partial charge in [0.1, 0.15) is 12.2 Å². The van der Waals surface area contributed by atoms with Crippen LogP contribution in [-0.2, 0) is 28.6 Å².